The lowest BCUT2D eigenvalue weighted by Crippen LogP contribution is -2.17. The maximum absolute atomic E-state index is 12.5. The van der Waals surface area contributed by atoms with Gasteiger partial charge in [0, 0.05) is 17.4 Å². The van der Waals surface area contributed by atoms with E-state index in [1.807, 2.05) is 18.2 Å². The van der Waals surface area contributed by atoms with Crippen LogP contribution in [-0.2, 0) is 0 Å². The minimum absolute atomic E-state index is 0.225. The molecular formula is C22H22N4O3. The number of fused-ring (bicyclic) bond motifs is 1. The number of hydrogen-bond acceptors (Lipinski definition) is 6. The van der Waals surface area contributed by atoms with Gasteiger partial charge in [-0.3, -0.25) is 4.79 Å². The van der Waals surface area contributed by atoms with Gasteiger partial charge in [-0.15, -0.1) is 0 Å². The minimum atomic E-state index is -0.344. The molecule has 1 aromatic heterocycles. The molecule has 2 aromatic carbocycles. The topological polar surface area (TPSA) is 85.4 Å². The molecule has 4 rings (SSSR count). The van der Waals surface area contributed by atoms with Crippen molar-refractivity contribution < 1.29 is 14.3 Å². The number of benzene rings is 2. The lowest BCUT2D eigenvalue weighted by molar-refractivity contribution is 0.102. The summed E-state index contributed by atoms with van der Waals surface area (Å²) < 4.78 is 11.0. The molecular weight excluding hydrogens is 368 g/mol. The molecule has 0 unspecified atom stereocenters. The van der Waals surface area contributed by atoms with Crippen LogP contribution in [0.3, 0.4) is 0 Å². The summed E-state index contributed by atoms with van der Waals surface area (Å²) in [5.41, 5.74) is 3.00. The largest absolute Gasteiger partial charge is 0.486 e. The predicted molar refractivity (Wildman–Crippen MR) is 111 cm³/mol. The number of nitrogens with zero attached hydrogens (tertiary/aromatic N) is 2. The van der Waals surface area contributed by atoms with Crippen LogP contribution in [0.25, 0.3) is 0 Å². The molecule has 0 saturated carbocycles. The SMILES string of the molecule is CC(C)c1ccccc1Nc1cnc(C(=O)Nc2ccc3c(c2)OCCO3)cn1. The van der Waals surface area contributed by atoms with Crippen LogP contribution < -0.4 is 20.1 Å². The standard InChI is InChI=1S/C22H22N4O3/c1-14(2)16-5-3-4-6-17(16)26-21-13-23-18(12-24-21)22(27)25-15-7-8-19-20(11-15)29-10-9-28-19/h3-8,11-14H,9-10H2,1-2H3,(H,24,26)(H,25,27). The van der Waals surface area contributed by atoms with Crippen molar-refractivity contribution in [2.75, 3.05) is 23.8 Å². The third kappa shape index (κ3) is 4.29. The summed E-state index contributed by atoms with van der Waals surface area (Å²) in [6, 6.07) is 13.3. The highest BCUT2D eigenvalue weighted by Gasteiger charge is 2.14. The molecule has 3 aromatic rings. The van der Waals surface area contributed by atoms with Crippen molar-refractivity contribution in [2.24, 2.45) is 0 Å². The quantitative estimate of drug-likeness (QED) is 0.673. The van der Waals surface area contributed by atoms with Gasteiger partial charge in [-0.2, -0.15) is 0 Å². The summed E-state index contributed by atoms with van der Waals surface area (Å²) in [5.74, 6) is 1.90. The van der Waals surface area contributed by atoms with Crippen molar-refractivity contribution >= 4 is 23.1 Å². The van der Waals surface area contributed by atoms with Gasteiger partial charge in [-0.1, -0.05) is 32.0 Å². The average Bonchev–Trinajstić information content (AvgIpc) is 2.74. The van der Waals surface area contributed by atoms with Gasteiger partial charge in [0.15, 0.2) is 11.5 Å². The van der Waals surface area contributed by atoms with Crippen LogP contribution in [-0.4, -0.2) is 29.1 Å². The van der Waals surface area contributed by atoms with E-state index in [2.05, 4.69) is 40.5 Å². The summed E-state index contributed by atoms with van der Waals surface area (Å²) in [7, 11) is 0. The molecule has 7 nitrogen and oxygen atoms in total. The van der Waals surface area contributed by atoms with E-state index >= 15 is 0 Å². The minimum Gasteiger partial charge on any atom is -0.486 e. The molecule has 2 heterocycles. The Morgan fingerprint density at radius 1 is 1.00 bits per heavy atom. The summed E-state index contributed by atoms with van der Waals surface area (Å²) in [6.45, 7) is 5.29. The second-order valence-electron chi connectivity index (χ2n) is 6.97. The fraction of sp³-hybridized carbons (Fsp3) is 0.227. The smallest absolute Gasteiger partial charge is 0.275 e. The van der Waals surface area contributed by atoms with E-state index in [0.717, 1.165) is 5.69 Å². The number of aromatic nitrogens is 2. The number of rotatable bonds is 5. The normalized spacial score (nSPS) is 12.5. The summed E-state index contributed by atoms with van der Waals surface area (Å²) in [4.78, 5) is 21.1. The molecule has 7 heteroatoms. The molecule has 0 fully saturated rings. The molecule has 1 aliphatic heterocycles. The fourth-order valence-corrected chi connectivity index (χ4v) is 3.08. The van der Waals surface area contributed by atoms with Crippen molar-refractivity contribution in [3.05, 3.63) is 66.1 Å². The molecule has 0 radical (unpaired) electrons. The highest BCUT2D eigenvalue weighted by Crippen LogP contribution is 2.32. The number of carbonyl (C=O) groups is 1. The maximum Gasteiger partial charge on any atom is 0.275 e. The van der Waals surface area contributed by atoms with Crippen LogP contribution in [0.2, 0.25) is 0 Å². The molecule has 0 aliphatic carbocycles. The molecule has 0 bridgehead atoms. The lowest BCUT2D eigenvalue weighted by Gasteiger charge is -2.19. The highest BCUT2D eigenvalue weighted by atomic mass is 16.6. The van der Waals surface area contributed by atoms with Gasteiger partial charge in [0.05, 0.1) is 12.4 Å². The van der Waals surface area contributed by atoms with Crippen molar-refractivity contribution in [1.29, 1.82) is 0 Å². The van der Waals surface area contributed by atoms with Gasteiger partial charge in [0.2, 0.25) is 0 Å². The van der Waals surface area contributed by atoms with Gasteiger partial charge in [-0.25, -0.2) is 9.97 Å². The zero-order valence-electron chi connectivity index (χ0n) is 16.3. The van der Waals surface area contributed by atoms with Crippen molar-refractivity contribution in [3.63, 3.8) is 0 Å². The van der Waals surface area contributed by atoms with E-state index in [9.17, 15) is 4.79 Å². The third-order valence-corrected chi connectivity index (χ3v) is 4.53. The highest BCUT2D eigenvalue weighted by molar-refractivity contribution is 6.02. The monoisotopic (exact) mass is 390 g/mol. The average molecular weight is 390 g/mol. The van der Waals surface area contributed by atoms with Crippen LogP contribution in [0.1, 0.15) is 35.8 Å². The fourth-order valence-electron chi connectivity index (χ4n) is 3.08. The van der Waals surface area contributed by atoms with Crippen LogP contribution in [0.5, 0.6) is 11.5 Å². The first-order chi connectivity index (χ1) is 14.1. The number of hydrogen-bond donors (Lipinski definition) is 2. The first kappa shape index (κ1) is 18.7. The number of amides is 1. The zero-order chi connectivity index (χ0) is 20.2. The molecule has 0 spiro atoms. The number of nitrogens with one attached hydrogen (secondary N) is 2. The Labute approximate surface area is 169 Å². The van der Waals surface area contributed by atoms with Gasteiger partial charge in [-0.05, 0) is 29.7 Å². The first-order valence-corrected chi connectivity index (χ1v) is 9.49. The van der Waals surface area contributed by atoms with E-state index < -0.39 is 0 Å². The zero-order valence-corrected chi connectivity index (χ0v) is 16.3. The first-order valence-electron chi connectivity index (χ1n) is 9.49. The molecule has 148 valence electrons. The van der Waals surface area contributed by atoms with Gasteiger partial charge in [0.25, 0.3) is 5.91 Å². The Morgan fingerprint density at radius 3 is 2.55 bits per heavy atom. The van der Waals surface area contributed by atoms with Crippen LogP contribution in [0.4, 0.5) is 17.2 Å². The predicted octanol–water partition coefficient (Wildman–Crippen LogP) is 4.37. The van der Waals surface area contributed by atoms with Crippen LogP contribution in [0.15, 0.2) is 54.9 Å². The maximum atomic E-state index is 12.5. The van der Waals surface area contributed by atoms with Gasteiger partial charge < -0.3 is 20.1 Å². The van der Waals surface area contributed by atoms with Gasteiger partial charge in [0.1, 0.15) is 24.7 Å². The van der Waals surface area contributed by atoms with E-state index in [1.54, 1.807) is 24.4 Å². The second-order valence-corrected chi connectivity index (χ2v) is 6.97. The third-order valence-electron chi connectivity index (χ3n) is 4.53. The lowest BCUT2D eigenvalue weighted by atomic mass is 10.0. The molecule has 1 amide bonds. The molecule has 0 saturated heterocycles. The Balaban J connectivity index is 1.44. The summed E-state index contributed by atoms with van der Waals surface area (Å²) in [6.07, 6.45) is 3.00. The number of carbonyl (C=O) groups excluding carboxylic acids is 1. The van der Waals surface area contributed by atoms with E-state index in [0.29, 0.717) is 42.1 Å². The Morgan fingerprint density at radius 2 is 1.79 bits per heavy atom. The van der Waals surface area contributed by atoms with Crippen LogP contribution in [0, 0.1) is 0 Å². The van der Waals surface area contributed by atoms with Crippen molar-refractivity contribution in [2.45, 2.75) is 19.8 Å². The van der Waals surface area contributed by atoms with Crippen molar-refractivity contribution in [3.8, 4) is 11.5 Å². The van der Waals surface area contributed by atoms with E-state index in [4.69, 9.17) is 9.47 Å². The van der Waals surface area contributed by atoms with E-state index in [-0.39, 0.29) is 11.6 Å². The van der Waals surface area contributed by atoms with Crippen LogP contribution >= 0.6 is 0 Å². The molecule has 1 aliphatic rings. The number of para-hydroxylation sites is 1. The number of ether oxygens (including phenoxy) is 2. The van der Waals surface area contributed by atoms with Crippen molar-refractivity contribution in [1.82, 2.24) is 9.97 Å². The van der Waals surface area contributed by atoms with E-state index in [1.165, 1.54) is 11.8 Å². The Kier molecular flexibility index (Phi) is 5.29. The van der Waals surface area contributed by atoms with Gasteiger partial charge >= 0.3 is 0 Å². The Bertz CT molecular complexity index is 1020. The number of anilines is 3. The Hall–Kier alpha value is -3.61. The summed E-state index contributed by atoms with van der Waals surface area (Å²) >= 11 is 0. The molecule has 29 heavy (non-hydrogen) atoms. The molecule has 0 atom stereocenters. The second kappa shape index (κ2) is 8.18. The molecule has 2 N–H and O–H groups in total. The summed E-state index contributed by atoms with van der Waals surface area (Å²) in [5, 5.41) is 6.07.